The number of hydrogen-bond acceptors (Lipinski definition) is 3. The number of nitrogens with zero attached hydrogens (tertiary/aromatic N) is 1. The third kappa shape index (κ3) is 2.36. The lowest BCUT2D eigenvalue weighted by Gasteiger charge is -2.03. The van der Waals surface area contributed by atoms with Gasteiger partial charge in [-0.05, 0) is 12.1 Å². The van der Waals surface area contributed by atoms with Crippen LogP contribution in [-0.2, 0) is 0 Å². The lowest BCUT2D eigenvalue weighted by atomic mass is 10.1. The van der Waals surface area contributed by atoms with E-state index < -0.39 is 0 Å². The largest absolute Gasteiger partial charge is 0.538 e. The predicted molar refractivity (Wildman–Crippen MR) is 59.7 cm³/mol. The molecule has 3 nitrogen and oxygen atoms in total. The molecule has 74 valence electrons. The van der Waals surface area contributed by atoms with Crippen LogP contribution in [0, 0.1) is 0 Å². The van der Waals surface area contributed by atoms with E-state index in [1.54, 1.807) is 12.3 Å². The molecule has 1 aromatic heterocycles. The van der Waals surface area contributed by atoms with Crippen LogP contribution in [0.15, 0.2) is 48.7 Å². The maximum absolute atomic E-state index is 8.56. The Kier molecular flexibility index (Phi) is 3.00. The minimum absolute atomic E-state index is 0.327. The lowest BCUT2D eigenvalue weighted by molar-refractivity contribution is 0.452. The first kappa shape index (κ1) is 9.74. The standard InChI is InChI=1S/C11H10BNO2/c14-12-15-10-6-7-11(13-8-10)9-4-2-1-3-5-9/h1-8,12,14H. The van der Waals surface area contributed by atoms with Gasteiger partial charge < -0.3 is 9.68 Å². The molecule has 0 saturated carbocycles. The Morgan fingerprint density at radius 1 is 1.07 bits per heavy atom. The fourth-order valence-corrected chi connectivity index (χ4v) is 1.32. The first-order valence-electron chi connectivity index (χ1n) is 4.65. The topological polar surface area (TPSA) is 42.4 Å². The number of pyridine rings is 1. The van der Waals surface area contributed by atoms with Crippen LogP contribution in [0.5, 0.6) is 5.75 Å². The van der Waals surface area contributed by atoms with Crippen LogP contribution in [0.4, 0.5) is 0 Å². The van der Waals surface area contributed by atoms with Crippen LogP contribution in [-0.4, -0.2) is 17.7 Å². The minimum Gasteiger partial charge on any atom is -0.538 e. The van der Waals surface area contributed by atoms with Gasteiger partial charge in [0.25, 0.3) is 0 Å². The Bertz CT molecular complexity index is 416. The Morgan fingerprint density at radius 3 is 2.47 bits per heavy atom. The van der Waals surface area contributed by atoms with E-state index in [0.29, 0.717) is 5.75 Å². The second-order valence-corrected chi connectivity index (χ2v) is 3.02. The van der Waals surface area contributed by atoms with E-state index in [1.165, 1.54) is 0 Å². The quantitative estimate of drug-likeness (QED) is 0.759. The van der Waals surface area contributed by atoms with Crippen LogP contribution in [0.25, 0.3) is 11.3 Å². The van der Waals surface area contributed by atoms with Crippen molar-refractivity contribution in [3.05, 3.63) is 48.7 Å². The van der Waals surface area contributed by atoms with Crippen LogP contribution in [0.3, 0.4) is 0 Å². The highest BCUT2D eigenvalue weighted by atomic mass is 16.5. The van der Waals surface area contributed by atoms with Crippen molar-refractivity contribution >= 4 is 7.69 Å². The number of aromatic nitrogens is 1. The average molecular weight is 199 g/mol. The maximum atomic E-state index is 8.56. The molecule has 0 amide bonds. The Hall–Kier alpha value is -1.81. The van der Waals surface area contributed by atoms with Gasteiger partial charge in [-0.1, -0.05) is 30.3 Å². The van der Waals surface area contributed by atoms with Crippen molar-refractivity contribution < 1.29 is 9.68 Å². The van der Waals surface area contributed by atoms with Gasteiger partial charge in [0.2, 0.25) is 0 Å². The molecule has 4 heteroatoms. The van der Waals surface area contributed by atoms with E-state index in [4.69, 9.17) is 9.68 Å². The van der Waals surface area contributed by atoms with Crippen molar-refractivity contribution in [3.8, 4) is 17.0 Å². The monoisotopic (exact) mass is 199 g/mol. The molecule has 1 N–H and O–H groups in total. The lowest BCUT2D eigenvalue weighted by Crippen LogP contribution is -1.99. The zero-order valence-corrected chi connectivity index (χ0v) is 8.13. The summed E-state index contributed by atoms with van der Waals surface area (Å²) < 4.78 is 4.89. The summed E-state index contributed by atoms with van der Waals surface area (Å²) in [6.07, 6.45) is 1.60. The predicted octanol–water partition coefficient (Wildman–Crippen LogP) is 1.39. The summed E-state index contributed by atoms with van der Waals surface area (Å²) in [5.74, 6) is 0.567. The molecular formula is C11H10BNO2. The molecule has 0 aliphatic carbocycles. The zero-order chi connectivity index (χ0) is 10.5. The van der Waals surface area contributed by atoms with Crippen LogP contribution < -0.4 is 4.65 Å². The smallest absolute Gasteiger partial charge is 0.504 e. The second-order valence-electron chi connectivity index (χ2n) is 3.02. The third-order valence-electron chi connectivity index (χ3n) is 2.04. The first-order chi connectivity index (χ1) is 7.40. The molecule has 0 atom stereocenters. The summed E-state index contributed by atoms with van der Waals surface area (Å²) in [7, 11) is -0.327. The molecule has 0 spiro atoms. The summed E-state index contributed by atoms with van der Waals surface area (Å²) in [5.41, 5.74) is 1.95. The SMILES string of the molecule is OBOc1ccc(-c2ccccc2)nc1. The number of hydrogen-bond donors (Lipinski definition) is 1. The van der Waals surface area contributed by atoms with Crippen molar-refractivity contribution in [3.63, 3.8) is 0 Å². The summed E-state index contributed by atoms with van der Waals surface area (Å²) in [6.45, 7) is 0. The highest BCUT2D eigenvalue weighted by Gasteiger charge is 1.98. The summed E-state index contributed by atoms with van der Waals surface area (Å²) >= 11 is 0. The van der Waals surface area contributed by atoms with Gasteiger partial charge in [-0.25, -0.2) is 0 Å². The van der Waals surface area contributed by atoms with Gasteiger partial charge in [0.05, 0.1) is 11.9 Å². The fourth-order valence-electron chi connectivity index (χ4n) is 1.32. The van der Waals surface area contributed by atoms with Gasteiger partial charge in [-0.15, -0.1) is 0 Å². The Balaban J connectivity index is 2.24. The first-order valence-corrected chi connectivity index (χ1v) is 4.65. The highest BCUT2D eigenvalue weighted by molar-refractivity contribution is 6.17. The molecule has 0 radical (unpaired) electrons. The zero-order valence-electron chi connectivity index (χ0n) is 8.13. The Labute approximate surface area is 88.7 Å². The number of rotatable bonds is 3. The summed E-state index contributed by atoms with van der Waals surface area (Å²) in [5, 5.41) is 8.56. The van der Waals surface area contributed by atoms with Crippen molar-refractivity contribution in [1.29, 1.82) is 0 Å². The van der Waals surface area contributed by atoms with E-state index >= 15 is 0 Å². The highest BCUT2D eigenvalue weighted by Crippen LogP contribution is 2.18. The Morgan fingerprint density at radius 2 is 1.87 bits per heavy atom. The molecule has 0 fully saturated rings. The van der Waals surface area contributed by atoms with Gasteiger partial charge in [0, 0.05) is 5.56 Å². The molecule has 0 saturated heterocycles. The van der Waals surface area contributed by atoms with E-state index in [-0.39, 0.29) is 7.69 Å². The molecule has 1 heterocycles. The minimum atomic E-state index is -0.327. The average Bonchev–Trinajstić information content (AvgIpc) is 2.32. The molecule has 1 aromatic carbocycles. The van der Waals surface area contributed by atoms with Gasteiger partial charge >= 0.3 is 7.69 Å². The second kappa shape index (κ2) is 4.62. The fraction of sp³-hybridized carbons (Fsp3) is 0. The van der Waals surface area contributed by atoms with Crippen molar-refractivity contribution in [2.24, 2.45) is 0 Å². The summed E-state index contributed by atoms with van der Waals surface area (Å²) in [4.78, 5) is 4.23. The van der Waals surface area contributed by atoms with Gasteiger partial charge in [0.15, 0.2) is 0 Å². The molecule has 2 aromatic rings. The van der Waals surface area contributed by atoms with E-state index in [0.717, 1.165) is 11.3 Å². The number of benzene rings is 1. The van der Waals surface area contributed by atoms with Gasteiger partial charge in [-0.3, -0.25) is 4.98 Å². The molecule has 0 unspecified atom stereocenters. The molecule has 0 aliphatic rings. The van der Waals surface area contributed by atoms with Gasteiger partial charge in [-0.2, -0.15) is 0 Å². The maximum Gasteiger partial charge on any atom is 0.504 e. The van der Waals surface area contributed by atoms with Crippen LogP contribution in [0.1, 0.15) is 0 Å². The van der Waals surface area contributed by atoms with E-state index in [2.05, 4.69) is 4.98 Å². The van der Waals surface area contributed by atoms with E-state index in [9.17, 15) is 0 Å². The summed E-state index contributed by atoms with van der Waals surface area (Å²) in [6, 6.07) is 13.5. The molecule has 0 aliphatic heterocycles. The van der Waals surface area contributed by atoms with Crippen molar-refractivity contribution in [2.45, 2.75) is 0 Å². The third-order valence-corrected chi connectivity index (χ3v) is 2.04. The molecule has 2 rings (SSSR count). The normalized spacial score (nSPS) is 9.67. The molecule has 15 heavy (non-hydrogen) atoms. The molecular weight excluding hydrogens is 189 g/mol. The molecule has 0 bridgehead atoms. The van der Waals surface area contributed by atoms with Crippen LogP contribution >= 0.6 is 0 Å². The van der Waals surface area contributed by atoms with E-state index in [1.807, 2.05) is 36.4 Å². The van der Waals surface area contributed by atoms with Crippen molar-refractivity contribution in [1.82, 2.24) is 4.98 Å². The van der Waals surface area contributed by atoms with Crippen LogP contribution in [0.2, 0.25) is 0 Å². The van der Waals surface area contributed by atoms with Gasteiger partial charge in [0.1, 0.15) is 5.75 Å². The van der Waals surface area contributed by atoms with Crippen molar-refractivity contribution in [2.75, 3.05) is 0 Å².